The van der Waals surface area contributed by atoms with E-state index in [1.807, 2.05) is 35.1 Å². The Bertz CT molecular complexity index is 520. The van der Waals surface area contributed by atoms with Crippen molar-refractivity contribution in [1.29, 1.82) is 0 Å². The maximum absolute atomic E-state index is 6.01. The normalized spacial score (nSPS) is 10.6. The molecule has 0 bridgehead atoms. The van der Waals surface area contributed by atoms with E-state index in [4.69, 9.17) is 10.5 Å². The molecule has 0 radical (unpaired) electrons. The van der Waals surface area contributed by atoms with Gasteiger partial charge in [-0.3, -0.25) is 4.68 Å². The number of hydrogen-bond donors (Lipinski definition) is 1. The second kappa shape index (κ2) is 5.58. The van der Waals surface area contributed by atoms with E-state index in [9.17, 15) is 0 Å². The number of anilines is 1. The number of aryl methyl sites for hydroxylation is 1. The highest BCUT2D eigenvalue weighted by Crippen LogP contribution is 2.27. The molecule has 0 atom stereocenters. The second-order valence-electron chi connectivity index (χ2n) is 4.28. The van der Waals surface area contributed by atoms with Gasteiger partial charge in [-0.15, -0.1) is 0 Å². The zero-order valence-corrected chi connectivity index (χ0v) is 10.9. The standard InChI is InChI=1S/C14H19N3O/c1-3-4-8-17-10-13(15)14(16-17)11-6-5-7-12(9-11)18-2/h5-7,9-10H,3-4,8,15H2,1-2H3. The van der Waals surface area contributed by atoms with Gasteiger partial charge in [0.1, 0.15) is 11.4 Å². The van der Waals surface area contributed by atoms with Crippen LogP contribution >= 0.6 is 0 Å². The highest BCUT2D eigenvalue weighted by atomic mass is 16.5. The minimum absolute atomic E-state index is 0.708. The average Bonchev–Trinajstić information content (AvgIpc) is 2.77. The van der Waals surface area contributed by atoms with E-state index < -0.39 is 0 Å². The molecule has 0 saturated carbocycles. The SMILES string of the molecule is CCCCn1cc(N)c(-c2cccc(OC)c2)n1. The first-order valence-electron chi connectivity index (χ1n) is 6.22. The first-order chi connectivity index (χ1) is 8.74. The van der Waals surface area contributed by atoms with Crippen molar-refractivity contribution in [1.82, 2.24) is 9.78 Å². The van der Waals surface area contributed by atoms with Gasteiger partial charge in [0.15, 0.2) is 0 Å². The van der Waals surface area contributed by atoms with Gasteiger partial charge < -0.3 is 10.5 Å². The molecule has 2 rings (SSSR count). The van der Waals surface area contributed by atoms with Gasteiger partial charge in [0.05, 0.1) is 12.8 Å². The number of benzene rings is 1. The molecule has 0 aliphatic rings. The van der Waals surface area contributed by atoms with Crippen LogP contribution < -0.4 is 10.5 Å². The second-order valence-corrected chi connectivity index (χ2v) is 4.28. The molecule has 0 aliphatic carbocycles. The summed E-state index contributed by atoms with van der Waals surface area (Å²) in [5.74, 6) is 0.815. The smallest absolute Gasteiger partial charge is 0.119 e. The highest BCUT2D eigenvalue weighted by molar-refractivity contribution is 5.72. The number of unbranched alkanes of at least 4 members (excludes halogenated alkanes) is 1. The van der Waals surface area contributed by atoms with E-state index in [0.29, 0.717) is 5.69 Å². The summed E-state index contributed by atoms with van der Waals surface area (Å²) in [6.07, 6.45) is 4.15. The molecular formula is C14H19N3O. The lowest BCUT2D eigenvalue weighted by Gasteiger charge is -2.02. The van der Waals surface area contributed by atoms with Gasteiger partial charge in [0.2, 0.25) is 0 Å². The zero-order valence-electron chi connectivity index (χ0n) is 10.9. The third-order valence-corrected chi connectivity index (χ3v) is 2.87. The van der Waals surface area contributed by atoms with E-state index in [1.54, 1.807) is 7.11 Å². The predicted molar refractivity (Wildman–Crippen MR) is 73.5 cm³/mol. The molecule has 96 valence electrons. The monoisotopic (exact) mass is 245 g/mol. The van der Waals surface area contributed by atoms with Crippen molar-refractivity contribution < 1.29 is 4.74 Å². The van der Waals surface area contributed by atoms with Crippen LogP contribution in [0, 0.1) is 0 Å². The van der Waals surface area contributed by atoms with E-state index >= 15 is 0 Å². The van der Waals surface area contributed by atoms with Crippen molar-refractivity contribution in [3.05, 3.63) is 30.5 Å². The van der Waals surface area contributed by atoms with Crippen molar-refractivity contribution in [2.75, 3.05) is 12.8 Å². The fraction of sp³-hybridized carbons (Fsp3) is 0.357. The maximum Gasteiger partial charge on any atom is 0.119 e. The van der Waals surface area contributed by atoms with Gasteiger partial charge in [0.25, 0.3) is 0 Å². The number of nitrogens with zero attached hydrogens (tertiary/aromatic N) is 2. The van der Waals surface area contributed by atoms with Crippen LogP contribution in [0.15, 0.2) is 30.5 Å². The number of nitrogens with two attached hydrogens (primary N) is 1. The largest absolute Gasteiger partial charge is 0.497 e. The predicted octanol–water partition coefficient (Wildman–Crippen LogP) is 2.94. The number of rotatable bonds is 5. The van der Waals surface area contributed by atoms with Gasteiger partial charge in [-0.2, -0.15) is 5.10 Å². The first-order valence-corrected chi connectivity index (χ1v) is 6.22. The molecule has 1 aromatic heterocycles. The lowest BCUT2D eigenvalue weighted by Crippen LogP contribution is -1.98. The molecule has 4 heteroatoms. The third-order valence-electron chi connectivity index (χ3n) is 2.87. The molecule has 1 heterocycles. The molecule has 0 fully saturated rings. The maximum atomic E-state index is 6.01. The Morgan fingerprint density at radius 1 is 1.39 bits per heavy atom. The first kappa shape index (κ1) is 12.5. The summed E-state index contributed by atoms with van der Waals surface area (Å²) in [6.45, 7) is 3.07. The van der Waals surface area contributed by atoms with Crippen molar-refractivity contribution >= 4 is 5.69 Å². The Hall–Kier alpha value is -1.97. The van der Waals surface area contributed by atoms with Crippen LogP contribution in [0.4, 0.5) is 5.69 Å². The molecule has 0 amide bonds. The van der Waals surface area contributed by atoms with Crippen LogP contribution in [0.3, 0.4) is 0 Å². The summed E-state index contributed by atoms with van der Waals surface area (Å²) in [5.41, 5.74) is 8.53. The van der Waals surface area contributed by atoms with Crippen LogP contribution in [0.1, 0.15) is 19.8 Å². The number of methoxy groups -OCH3 is 1. The summed E-state index contributed by atoms with van der Waals surface area (Å²) in [5, 5.41) is 4.53. The van der Waals surface area contributed by atoms with Crippen LogP contribution in [0.2, 0.25) is 0 Å². The van der Waals surface area contributed by atoms with E-state index in [1.165, 1.54) is 0 Å². The quantitative estimate of drug-likeness (QED) is 0.881. The van der Waals surface area contributed by atoms with Crippen LogP contribution in [0.5, 0.6) is 5.75 Å². The number of ether oxygens (including phenoxy) is 1. The fourth-order valence-corrected chi connectivity index (χ4v) is 1.87. The molecule has 0 saturated heterocycles. The van der Waals surface area contributed by atoms with Crippen LogP contribution in [0.25, 0.3) is 11.3 Å². The van der Waals surface area contributed by atoms with E-state index in [0.717, 1.165) is 36.4 Å². The molecule has 2 aromatic rings. The summed E-state index contributed by atoms with van der Waals surface area (Å²) < 4.78 is 7.12. The van der Waals surface area contributed by atoms with Crippen LogP contribution in [-0.2, 0) is 6.54 Å². The summed E-state index contributed by atoms with van der Waals surface area (Å²) >= 11 is 0. The average molecular weight is 245 g/mol. The van der Waals surface area contributed by atoms with Gasteiger partial charge in [-0.05, 0) is 18.6 Å². The van der Waals surface area contributed by atoms with Crippen molar-refractivity contribution in [2.45, 2.75) is 26.3 Å². The number of nitrogen functional groups attached to an aromatic ring is 1. The van der Waals surface area contributed by atoms with Gasteiger partial charge in [-0.25, -0.2) is 0 Å². The molecule has 0 unspecified atom stereocenters. The Labute approximate surface area is 107 Å². The van der Waals surface area contributed by atoms with Crippen LogP contribution in [-0.4, -0.2) is 16.9 Å². The molecular weight excluding hydrogens is 226 g/mol. The molecule has 4 nitrogen and oxygen atoms in total. The van der Waals surface area contributed by atoms with Crippen molar-refractivity contribution in [3.8, 4) is 17.0 Å². The van der Waals surface area contributed by atoms with Gasteiger partial charge >= 0.3 is 0 Å². The lowest BCUT2D eigenvalue weighted by molar-refractivity contribution is 0.415. The highest BCUT2D eigenvalue weighted by Gasteiger charge is 2.09. The number of aromatic nitrogens is 2. The van der Waals surface area contributed by atoms with Gasteiger partial charge in [0, 0.05) is 18.3 Å². The molecule has 1 aromatic carbocycles. The zero-order chi connectivity index (χ0) is 13.0. The molecule has 2 N–H and O–H groups in total. The Balaban J connectivity index is 2.29. The summed E-state index contributed by atoms with van der Waals surface area (Å²) in [6, 6.07) is 7.79. The van der Waals surface area contributed by atoms with E-state index in [-0.39, 0.29) is 0 Å². The summed E-state index contributed by atoms with van der Waals surface area (Å²) in [7, 11) is 1.66. The Morgan fingerprint density at radius 2 is 2.22 bits per heavy atom. The fourth-order valence-electron chi connectivity index (χ4n) is 1.87. The van der Waals surface area contributed by atoms with Crippen molar-refractivity contribution in [2.24, 2.45) is 0 Å². The molecule has 0 spiro atoms. The Morgan fingerprint density at radius 3 is 2.94 bits per heavy atom. The minimum atomic E-state index is 0.708. The van der Waals surface area contributed by atoms with Gasteiger partial charge in [-0.1, -0.05) is 25.5 Å². The molecule has 18 heavy (non-hydrogen) atoms. The topological polar surface area (TPSA) is 53.1 Å². The lowest BCUT2D eigenvalue weighted by atomic mass is 10.1. The summed E-state index contributed by atoms with van der Waals surface area (Å²) in [4.78, 5) is 0. The third kappa shape index (κ3) is 2.64. The number of hydrogen-bond acceptors (Lipinski definition) is 3. The van der Waals surface area contributed by atoms with E-state index in [2.05, 4.69) is 12.0 Å². The van der Waals surface area contributed by atoms with Crippen molar-refractivity contribution in [3.63, 3.8) is 0 Å². The Kier molecular flexibility index (Phi) is 3.87. The molecule has 0 aliphatic heterocycles. The minimum Gasteiger partial charge on any atom is -0.497 e.